The van der Waals surface area contributed by atoms with E-state index in [1.165, 1.54) is 0 Å². The number of amides is 1. The zero-order valence-corrected chi connectivity index (χ0v) is 14.8. The molecule has 0 spiro atoms. The fourth-order valence-electron chi connectivity index (χ4n) is 2.65. The van der Waals surface area contributed by atoms with Gasteiger partial charge in [0, 0.05) is 22.5 Å². The molecule has 0 unspecified atom stereocenters. The molecule has 1 aromatic heterocycles. The molecule has 3 rings (SSSR count). The van der Waals surface area contributed by atoms with Crippen molar-refractivity contribution >= 4 is 28.5 Å². The van der Waals surface area contributed by atoms with E-state index < -0.39 is 0 Å². The zero-order valence-electron chi connectivity index (χ0n) is 14.0. The number of hydrogen-bond acceptors (Lipinski definition) is 2. The van der Waals surface area contributed by atoms with E-state index in [0.717, 1.165) is 22.1 Å². The van der Waals surface area contributed by atoms with E-state index in [4.69, 9.17) is 16.0 Å². The van der Waals surface area contributed by atoms with Gasteiger partial charge in [-0.2, -0.15) is 0 Å². The first kappa shape index (κ1) is 16.6. The molecule has 0 bridgehead atoms. The highest BCUT2D eigenvalue weighted by Gasteiger charge is 2.22. The Morgan fingerprint density at radius 1 is 1.17 bits per heavy atom. The highest BCUT2D eigenvalue weighted by Crippen LogP contribution is 2.36. The van der Waals surface area contributed by atoms with Crippen LogP contribution in [0.2, 0.25) is 5.02 Å². The van der Waals surface area contributed by atoms with E-state index in [1.54, 1.807) is 0 Å². The van der Waals surface area contributed by atoms with Gasteiger partial charge in [0.2, 0.25) is 5.76 Å². The number of carbonyl (C=O) groups excluding carboxylic acids is 1. The molecule has 3 nitrogen and oxygen atoms in total. The summed E-state index contributed by atoms with van der Waals surface area (Å²) in [6, 6.07) is 13.4. The Morgan fingerprint density at radius 2 is 1.88 bits per heavy atom. The summed E-state index contributed by atoms with van der Waals surface area (Å²) in [7, 11) is 0. The predicted molar refractivity (Wildman–Crippen MR) is 98.6 cm³/mol. The van der Waals surface area contributed by atoms with Crippen molar-refractivity contribution in [3.63, 3.8) is 0 Å². The summed E-state index contributed by atoms with van der Waals surface area (Å²) in [4.78, 5) is 12.6. The lowest BCUT2D eigenvalue weighted by molar-refractivity contribution is 0.0924. The van der Waals surface area contributed by atoms with E-state index in [9.17, 15) is 4.79 Å². The lowest BCUT2D eigenvalue weighted by Crippen LogP contribution is -2.27. The standard InChI is InChI=1S/C20H20ClNO2/c1-12(2)11-22-20(23)19-18(14-5-7-15(21)8-6-14)16-10-13(3)4-9-17(16)24-19/h4-10,12H,11H2,1-3H3,(H,22,23). The number of aryl methyl sites for hydroxylation is 1. The summed E-state index contributed by atoms with van der Waals surface area (Å²) in [6.45, 7) is 6.75. The van der Waals surface area contributed by atoms with Crippen molar-refractivity contribution in [2.75, 3.05) is 6.54 Å². The van der Waals surface area contributed by atoms with Crippen LogP contribution in [0.25, 0.3) is 22.1 Å². The van der Waals surface area contributed by atoms with Gasteiger partial charge in [-0.1, -0.05) is 49.2 Å². The highest BCUT2D eigenvalue weighted by molar-refractivity contribution is 6.30. The van der Waals surface area contributed by atoms with Gasteiger partial charge in [0.15, 0.2) is 0 Å². The molecular formula is C20H20ClNO2. The first-order valence-electron chi connectivity index (χ1n) is 8.03. The summed E-state index contributed by atoms with van der Waals surface area (Å²) in [6.07, 6.45) is 0. The van der Waals surface area contributed by atoms with Crippen LogP contribution in [-0.4, -0.2) is 12.5 Å². The highest BCUT2D eigenvalue weighted by atomic mass is 35.5. The molecule has 1 amide bonds. The molecular weight excluding hydrogens is 322 g/mol. The van der Waals surface area contributed by atoms with Gasteiger partial charge < -0.3 is 9.73 Å². The molecule has 24 heavy (non-hydrogen) atoms. The summed E-state index contributed by atoms with van der Waals surface area (Å²) in [5.41, 5.74) is 3.55. The summed E-state index contributed by atoms with van der Waals surface area (Å²) >= 11 is 6.00. The predicted octanol–water partition coefficient (Wildman–Crippen LogP) is 5.45. The number of carbonyl (C=O) groups is 1. The molecule has 2 aromatic carbocycles. The maximum Gasteiger partial charge on any atom is 0.287 e. The normalized spacial score (nSPS) is 11.2. The maximum absolute atomic E-state index is 12.6. The molecule has 0 atom stereocenters. The molecule has 1 N–H and O–H groups in total. The van der Waals surface area contributed by atoms with E-state index in [2.05, 4.69) is 19.2 Å². The molecule has 3 aromatic rings. The molecule has 0 saturated carbocycles. The van der Waals surface area contributed by atoms with Gasteiger partial charge in [-0.15, -0.1) is 0 Å². The Morgan fingerprint density at radius 3 is 2.54 bits per heavy atom. The monoisotopic (exact) mass is 341 g/mol. The summed E-state index contributed by atoms with van der Waals surface area (Å²) in [5, 5.41) is 4.53. The fourth-order valence-corrected chi connectivity index (χ4v) is 2.78. The number of furan rings is 1. The second-order valence-corrected chi connectivity index (χ2v) is 6.85. The number of nitrogens with one attached hydrogen (secondary N) is 1. The van der Waals surface area contributed by atoms with Gasteiger partial charge in [-0.3, -0.25) is 4.79 Å². The number of rotatable bonds is 4. The number of fused-ring (bicyclic) bond motifs is 1. The van der Waals surface area contributed by atoms with Gasteiger partial charge >= 0.3 is 0 Å². The summed E-state index contributed by atoms with van der Waals surface area (Å²) in [5.74, 6) is 0.528. The molecule has 4 heteroatoms. The molecule has 1 heterocycles. The first-order valence-corrected chi connectivity index (χ1v) is 8.41. The minimum absolute atomic E-state index is 0.192. The van der Waals surface area contributed by atoms with Crippen molar-refractivity contribution in [1.82, 2.24) is 5.32 Å². The van der Waals surface area contributed by atoms with Crippen LogP contribution in [0.4, 0.5) is 0 Å². The van der Waals surface area contributed by atoms with Crippen LogP contribution in [0.3, 0.4) is 0 Å². The summed E-state index contributed by atoms with van der Waals surface area (Å²) < 4.78 is 5.89. The quantitative estimate of drug-likeness (QED) is 0.685. The van der Waals surface area contributed by atoms with E-state index in [0.29, 0.717) is 28.8 Å². The van der Waals surface area contributed by atoms with E-state index in [1.807, 2.05) is 49.4 Å². The van der Waals surface area contributed by atoms with Crippen LogP contribution in [0, 0.1) is 12.8 Å². The Kier molecular flexibility index (Phi) is 4.63. The molecule has 0 radical (unpaired) electrons. The van der Waals surface area contributed by atoms with Crippen molar-refractivity contribution in [2.24, 2.45) is 5.92 Å². The van der Waals surface area contributed by atoms with Crippen molar-refractivity contribution in [3.8, 4) is 11.1 Å². The second-order valence-electron chi connectivity index (χ2n) is 6.42. The van der Waals surface area contributed by atoms with Crippen LogP contribution >= 0.6 is 11.6 Å². The Labute approximate surface area is 146 Å². The number of hydrogen-bond donors (Lipinski definition) is 1. The minimum Gasteiger partial charge on any atom is -0.450 e. The lowest BCUT2D eigenvalue weighted by atomic mass is 10.0. The van der Waals surface area contributed by atoms with Crippen LogP contribution in [0.5, 0.6) is 0 Å². The van der Waals surface area contributed by atoms with Crippen LogP contribution in [0.15, 0.2) is 46.9 Å². The van der Waals surface area contributed by atoms with E-state index in [-0.39, 0.29) is 5.91 Å². The Hall–Kier alpha value is -2.26. The largest absolute Gasteiger partial charge is 0.450 e. The van der Waals surface area contributed by atoms with Crippen molar-refractivity contribution in [2.45, 2.75) is 20.8 Å². The van der Waals surface area contributed by atoms with Crippen molar-refractivity contribution < 1.29 is 9.21 Å². The average Bonchev–Trinajstić information content (AvgIpc) is 2.92. The second kappa shape index (κ2) is 6.70. The fraction of sp³-hybridized carbons (Fsp3) is 0.250. The van der Waals surface area contributed by atoms with Gasteiger partial charge in [0.25, 0.3) is 5.91 Å². The van der Waals surface area contributed by atoms with Crippen molar-refractivity contribution in [1.29, 1.82) is 0 Å². The van der Waals surface area contributed by atoms with Gasteiger partial charge in [-0.05, 0) is 42.7 Å². The Balaban J connectivity index is 2.15. The number of halogens is 1. The topological polar surface area (TPSA) is 42.2 Å². The smallest absolute Gasteiger partial charge is 0.287 e. The third-order valence-corrected chi connectivity index (χ3v) is 4.11. The van der Waals surface area contributed by atoms with Gasteiger partial charge in [0.1, 0.15) is 5.58 Å². The van der Waals surface area contributed by atoms with E-state index >= 15 is 0 Å². The van der Waals surface area contributed by atoms with Crippen LogP contribution < -0.4 is 5.32 Å². The maximum atomic E-state index is 12.6. The molecule has 0 aliphatic heterocycles. The van der Waals surface area contributed by atoms with Crippen LogP contribution in [-0.2, 0) is 0 Å². The minimum atomic E-state index is -0.192. The molecule has 0 saturated heterocycles. The number of benzene rings is 2. The molecule has 0 aliphatic rings. The first-order chi connectivity index (χ1) is 11.5. The van der Waals surface area contributed by atoms with Gasteiger partial charge in [-0.25, -0.2) is 0 Å². The third-order valence-electron chi connectivity index (χ3n) is 3.85. The zero-order chi connectivity index (χ0) is 17.3. The molecule has 0 fully saturated rings. The molecule has 0 aliphatic carbocycles. The van der Waals surface area contributed by atoms with Gasteiger partial charge in [0.05, 0.1) is 0 Å². The molecule has 124 valence electrons. The third kappa shape index (κ3) is 3.31. The van der Waals surface area contributed by atoms with Crippen molar-refractivity contribution in [3.05, 3.63) is 58.8 Å². The average molecular weight is 342 g/mol. The Bertz CT molecular complexity index is 879. The SMILES string of the molecule is Cc1ccc2oc(C(=O)NCC(C)C)c(-c3ccc(Cl)cc3)c2c1. The lowest BCUT2D eigenvalue weighted by Gasteiger charge is -2.08. The van der Waals surface area contributed by atoms with Crippen LogP contribution in [0.1, 0.15) is 30.0 Å².